The Bertz CT molecular complexity index is 977. The molecule has 2 aliphatic heterocycles. The fourth-order valence-corrected chi connectivity index (χ4v) is 6.50. The lowest BCUT2D eigenvalue weighted by atomic mass is 10.0. The summed E-state index contributed by atoms with van der Waals surface area (Å²) >= 11 is 0. The summed E-state index contributed by atoms with van der Waals surface area (Å²) in [4.78, 5) is 6.58. The number of hydrogen-bond donors (Lipinski definition) is 0. The average Bonchev–Trinajstić information content (AvgIpc) is 2.77. The van der Waals surface area contributed by atoms with Gasteiger partial charge in [-0.3, -0.25) is 0 Å². The Morgan fingerprint density at radius 3 is 2.77 bits per heavy atom. The van der Waals surface area contributed by atoms with Crippen LogP contribution in [-0.4, -0.2) is 49.8 Å². The third-order valence-electron chi connectivity index (χ3n) is 6.24. The monoisotopic (exact) mass is 444 g/mol. The van der Waals surface area contributed by atoms with Gasteiger partial charge < -0.3 is 14.4 Å². The van der Waals surface area contributed by atoms with Crippen LogP contribution in [0.5, 0.6) is 11.5 Å². The molecular formula is C24H32N2O4S. The van der Waals surface area contributed by atoms with Gasteiger partial charge in [-0.05, 0) is 68.0 Å². The maximum Gasteiger partial charge on any atom is 0.206 e. The van der Waals surface area contributed by atoms with E-state index in [2.05, 4.69) is 16.8 Å². The molecule has 0 unspecified atom stereocenters. The number of piperidine rings is 1. The highest BCUT2D eigenvalue weighted by Gasteiger charge is 2.43. The number of fused-ring (bicyclic) bond motifs is 1. The molecule has 1 saturated heterocycles. The van der Waals surface area contributed by atoms with Crippen molar-refractivity contribution in [3.8, 4) is 11.5 Å². The molecule has 1 aromatic heterocycles. The van der Waals surface area contributed by atoms with E-state index in [4.69, 9.17) is 9.47 Å². The Labute approximate surface area is 185 Å². The zero-order valence-corrected chi connectivity index (χ0v) is 19.2. The third kappa shape index (κ3) is 4.88. The van der Waals surface area contributed by atoms with Crippen molar-refractivity contribution in [2.45, 2.75) is 55.9 Å². The van der Waals surface area contributed by atoms with Crippen LogP contribution in [0.3, 0.4) is 0 Å². The van der Waals surface area contributed by atoms with E-state index in [-0.39, 0.29) is 5.03 Å². The maximum atomic E-state index is 13.0. The van der Waals surface area contributed by atoms with Crippen molar-refractivity contribution in [2.75, 3.05) is 26.2 Å². The highest BCUT2D eigenvalue weighted by molar-refractivity contribution is 7.92. The Morgan fingerprint density at radius 2 is 2.03 bits per heavy atom. The first-order valence-corrected chi connectivity index (χ1v) is 12.8. The summed E-state index contributed by atoms with van der Waals surface area (Å²) in [6.07, 6.45) is 5.02. The van der Waals surface area contributed by atoms with E-state index in [9.17, 15) is 8.42 Å². The number of hydrogen-bond acceptors (Lipinski definition) is 6. The topological polar surface area (TPSA) is 68.7 Å². The van der Waals surface area contributed by atoms with Crippen LogP contribution in [0, 0.1) is 5.92 Å². The van der Waals surface area contributed by atoms with Crippen LogP contribution in [0.1, 0.15) is 51.2 Å². The second-order valence-corrected chi connectivity index (χ2v) is 10.7. The van der Waals surface area contributed by atoms with E-state index in [0.29, 0.717) is 18.8 Å². The lowest BCUT2D eigenvalue weighted by molar-refractivity contribution is 0.169. The Balaban J connectivity index is 1.37. The van der Waals surface area contributed by atoms with Gasteiger partial charge in [-0.2, -0.15) is 0 Å². The smallest absolute Gasteiger partial charge is 0.206 e. The lowest BCUT2D eigenvalue weighted by Gasteiger charge is -2.32. The number of pyridine rings is 1. The van der Waals surface area contributed by atoms with Crippen LogP contribution in [0.2, 0.25) is 0 Å². The van der Waals surface area contributed by atoms with Crippen LogP contribution in [-0.2, 0) is 9.84 Å². The van der Waals surface area contributed by atoms with Gasteiger partial charge in [0.2, 0.25) is 9.84 Å². The molecule has 3 heterocycles. The molecule has 0 amide bonds. The summed E-state index contributed by atoms with van der Waals surface area (Å²) in [6.45, 7) is 8.32. The molecule has 6 nitrogen and oxygen atoms in total. The zero-order chi connectivity index (χ0) is 21.8. The number of sulfone groups is 1. The van der Waals surface area contributed by atoms with Crippen LogP contribution in [0.15, 0.2) is 47.6 Å². The largest absolute Gasteiger partial charge is 0.494 e. The van der Waals surface area contributed by atoms with E-state index in [0.717, 1.165) is 30.2 Å². The summed E-state index contributed by atoms with van der Waals surface area (Å²) in [5, 5.41) is -0.616. The number of ether oxygens (including phenoxy) is 2. The van der Waals surface area contributed by atoms with Crippen LogP contribution in [0.25, 0.3) is 0 Å². The van der Waals surface area contributed by atoms with E-state index >= 15 is 0 Å². The van der Waals surface area contributed by atoms with Crippen molar-refractivity contribution in [3.05, 3.63) is 48.2 Å². The van der Waals surface area contributed by atoms with Crippen LogP contribution >= 0.6 is 0 Å². The number of nitrogens with zero attached hydrogens (tertiary/aromatic N) is 2. The maximum absolute atomic E-state index is 13.0. The van der Waals surface area contributed by atoms with Gasteiger partial charge >= 0.3 is 0 Å². The van der Waals surface area contributed by atoms with Gasteiger partial charge in [0, 0.05) is 19.3 Å². The molecule has 168 valence electrons. The third-order valence-corrected chi connectivity index (χ3v) is 8.46. The normalized spacial score (nSPS) is 25.4. The first-order chi connectivity index (χ1) is 15.0. The van der Waals surface area contributed by atoms with Gasteiger partial charge in [0.05, 0.1) is 6.61 Å². The standard InChI is InChI=1S/C24H32N2O4S/c1-3-22-23(30-21-8-4-13-25-24(21)31(22,27)28)19-9-11-20(12-10-19)29-16-6-15-26-14-5-7-18(2)17-26/h4,8-13,18,22-23H,3,5-7,14-17H2,1-2H3/t18-,22-,23-/m0/s1. The molecule has 0 spiro atoms. The van der Waals surface area contributed by atoms with Crippen molar-refractivity contribution >= 4 is 9.84 Å². The van der Waals surface area contributed by atoms with E-state index in [1.165, 1.54) is 32.1 Å². The zero-order valence-electron chi connectivity index (χ0n) is 18.4. The van der Waals surface area contributed by atoms with E-state index < -0.39 is 21.2 Å². The van der Waals surface area contributed by atoms with E-state index in [1.807, 2.05) is 31.2 Å². The molecule has 1 fully saturated rings. The highest BCUT2D eigenvalue weighted by Crippen LogP contribution is 2.41. The van der Waals surface area contributed by atoms with Gasteiger partial charge in [0.1, 0.15) is 17.1 Å². The first kappa shape index (κ1) is 22.1. The van der Waals surface area contributed by atoms with Crippen molar-refractivity contribution in [2.24, 2.45) is 5.92 Å². The Morgan fingerprint density at radius 1 is 1.23 bits per heavy atom. The summed E-state index contributed by atoms with van der Waals surface area (Å²) in [5.74, 6) is 1.91. The van der Waals surface area contributed by atoms with Gasteiger partial charge in [-0.25, -0.2) is 13.4 Å². The molecule has 0 aliphatic carbocycles. The molecule has 0 saturated carbocycles. The number of aromatic nitrogens is 1. The molecule has 4 rings (SSSR count). The quantitative estimate of drug-likeness (QED) is 0.594. The lowest BCUT2D eigenvalue weighted by Crippen LogP contribution is -2.36. The average molecular weight is 445 g/mol. The van der Waals surface area contributed by atoms with Crippen molar-refractivity contribution < 1.29 is 17.9 Å². The Kier molecular flexibility index (Phi) is 6.82. The number of likely N-dealkylation sites (tertiary alicyclic amines) is 1. The van der Waals surface area contributed by atoms with Gasteiger partial charge in [0.15, 0.2) is 10.8 Å². The second-order valence-electron chi connectivity index (χ2n) is 8.66. The molecule has 1 aromatic carbocycles. The molecule has 2 aromatic rings. The number of benzene rings is 1. The van der Waals surface area contributed by atoms with Crippen LogP contribution < -0.4 is 9.47 Å². The molecule has 0 radical (unpaired) electrons. The summed E-state index contributed by atoms with van der Waals surface area (Å²) in [5.41, 5.74) is 0.833. The Hall–Kier alpha value is -2.12. The van der Waals surface area contributed by atoms with Crippen molar-refractivity contribution in [3.63, 3.8) is 0 Å². The minimum atomic E-state index is -3.54. The van der Waals surface area contributed by atoms with E-state index in [1.54, 1.807) is 12.1 Å². The molecule has 7 heteroatoms. The SMILES string of the molecule is CC[C@H]1[C@H](c2ccc(OCCCN3CCC[C@H](C)C3)cc2)Oc2cccnc2S1(=O)=O. The second kappa shape index (κ2) is 9.57. The summed E-state index contributed by atoms with van der Waals surface area (Å²) in [6, 6.07) is 11.0. The minimum absolute atomic E-state index is 0.0427. The molecule has 31 heavy (non-hydrogen) atoms. The predicted octanol–water partition coefficient (Wildman–Crippen LogP) is 4.27. The van der Waals surface area contributed by atoms with Gasteiger partial charge in [-0.1, -0.05) is 26.0 Å². The van der Waals surface area contributed by atoms with Crippen LogP contribution in [0.4, 0.5) is 0 Å². The van der Waals surface area contributed by atoms with Crippen molar-refractivity contribution in [1.29, 1.82) is 0 Å². The first-order valence-electron chi connectivity index (χ1n) is 11.3. The molecule has 0 N–H and O–H groups in total. The molecular weight excluding hydrogens is 412 g/mol. The molecule has 2 aliphatic rings. The molecule has 3 atom stereocenters. The fourth-order valence-electron chi connectivity index (χ4n) is 4.64. The van der Waals surface area contributed by atoms with Gasteiger partial charge in [-0.15, -0.1) is 0 Å². The highest BCUT2D eigenvalue weighted by atomic mass is 32.2. The molecule has 0 bridgehead atoms. The predicted molar refractivity (Wildman–Crippen MR) is 120 cm³/mol. The summed E-state index contributed by atoms with van der Waals surface area (Å²) < 4.78 is 38.1. The van der Waals surface area contributed by atoms with Gasteiger partial charge in [0.25, 0.3) is 0 Å². The summed E-state index contributed by atoms with van der Waals surface area (Å²) in [7, 11) is -3.54. The fraction of sp³-hybridized carbons (Fsp3) is 0.542. The minimum Gasteiger partial charge on any atom is -0.494 e. The van der Waals surface area contributed by atoms with Crippen molar-refractivity contribution in [1.82, 2.24) is 9.88 Å². The number of rotatable bonds is 7.